The summed E-state index contributed by atoms with van der Waals surface area (Å²) in [5, 5.41) is 8.45. The van der Waals surface area contributed by atoms with E-state index in [1.807, 2.05) is 18.3 Å². The summed E-state index contributed by atoms with van der Waals surface area (Å²) in [6, 6.07) is 11.5. The quantitative estimate of drug-likeness (QED) is 0.599. The summed E-state index contributed by atoms with van der Waals surface area (Å²) in [5.41, 5.74) is 3.74. The van der Waals surface area contributed by atoms with E-state index < -0.39 is 5.91 Å². The Hall–Kier alpha value is -2.00. The number of hydrogen-bond acceptors (Lipinski definition) is 2. The van der Waals surface area contributed by atoms with Crippen molar-refractivity contribution < 1.29 is 4.39 Å². The average molecular weight is 344 g/mol. The molecule has 0 fully saturated rings. The normalized spacial score (nSPS) is 12.5. The van der Waals surface area contributed by atoms with Crippen LogP contribution in [0.4, 0.5) is 4.39 Å². The predicted molar refractivity (Wildman–Crippen MR) is 97.1 cm³/mol. The Bertz CT molecular complexity index is 776. The molecule has 0 spiro atoms. The van der Waals surface area contributed by atoms with Crippen LogP contribution in [0.5, 0.6) is 0 Å². The van der Waals surface area contributed by atoms with Gasteiger partial charge in [-0.25, -0.2) is 9.07 Å². The van der Waals surface area contributed by atoms with Crippen LogP contribution in [0.15, 0.2) is 48.8 Å². The fourth-order valence-electron chi connectivity index (χ4n) is 2.67. The SMILES string of the molecule is CCCCc1cccn1Cc1cn(-c2ccc(C(F)P)cc2)nn1. The van der Waals surface area contributed by atoms with E-state index in [-0.39, 0.29) is 0 Å². The number of halogens is 1. The topological polar surface area (TPSA) is 35.6 Å². The van der Waals surface area contributed by atoms with Gasteiger partial charge in [-0.15, -0.1) is 5.10 Å². The Labute approximate surface area is 143 Å². The molecule has 0 aliphatic rings. The number of nitrogens with zero attached hydrogens (tertiary/aromatic N) is 4. The minimum atomic E-state index is -1.04. The van der Waals surface area contributed by atoms with Crippen LogP contribution in [0, 0.1) is 0 Å². The van der Waals surface area contributed by atoms with Gasteiger partial charge in [0.1, 0.15) is 11.6 Å². The van der Waals surface area contributed by atoms with Gasteiger partial charge in [0.2, 0.25) is 0 Å². The van der Waals surface area contributed by atoms with Gasteiger partial charge in [0.05, 0.1) is 18.4 Å². The van der Waals surface area contributed by atoms with Crippen molar-refractivity contribution in [3.8, 4) is 5.69 Å². The molecule has 2 atom stereocenters. The van der Waals surface area contributed by atoms with Gasteiger partial charge in [-0.3, -0.25) is 0 Å². The summed E-state index contributed by atoms with van der Waals surface area (Å²) in [4.78, 5) is 0. The smallest absolute Gasteiger partial charge is 0.138 e. The summed E-state index contributed by atoms with van der Waals surface area (Å²) in [6.07, 6.45) is 7.46. The summed E-state index contributed by atoms with van der Waals surface area (Å²) in [5.74, 6) is -1.04. The highest BCUT2D eigenvalue weighted by Crippen LogP contribution is 2.24. The van der Waals surface area contributed by atoms with Crippen molar-refractivity contribution in [2.45, 2.75) is 38.6 Å². The molecule has 3 rings (SSSR count). The molecule has 0 saturated heterocycles. The lowest BCUT2D eigenvalue weighted by atomic mass is 10.2. The van der Waals surface area contributed by atoms with Gasteiger partial charge >= 0.3 is 0 Å². The third-order valence-electron chi connectivity index (χ3n) is 4.06. The van der Waals surface area contributed by atoms with E-state index in [1.54, 1.807) is 16.8 Å². The monoisotopic (exact) mass is 344 g/mol. The lowest BCUT2D eigenvalue weighted by molar-refractivity contribution is 0.469. The van der Waals surface area contributed by atoms with Gasteiger partial charge in [0.15, 0.2) is 0 Å². The third-order valence-corrected chi connectivity index (χ3v) is 4.44. The molecule has 0 amide bonds. The highest BCUT2D eigenvalue weighted by molar-refractivity contribution is 7.16. The maximum atomic E-state index is 13.2. The Morgan fingerprint density at radius 3 is 2.71 bits per heavy atom. The van der Waals surface area contributed by atoms with E-state index in [0.29, 0.717) is 12.1 Å². The molecular formula is C18H22FN4P. The van der Waals surface area contributed by atoms with E-state index in [9.17, 15) is 4.39 Å². The maximum Gasteiger partial charge on any atom is 0.138 e. The van der Waals surface area contributed by atoms with Crippen molar-refractivity contribution >= 4 is 9.24 Å². The van der Waals surface area contributed by atoms with Crippen molar-refractivity contribution in [3.63, 3.8) is 0 Å². The second-order valence-corrected chi connectivity index (χ2v) is 6.46. The number of hydrogen-bond donors (Lipinski definition) is 0. The first kappa shape index (κ1) is 16.8. The first-order chi connectivity index (χ1) is 11.7. The first-order valence-corrected chi connectivity index (χ1v) is 8.89. The third kappa shape index (κ3) is 3.90. The fraction of sp³-hybridized carbons (Fsp3) is 0.333. The molecule has 24 heavy (non-hydrogen) atoms. The lowest BCUT2D eigenvalue weighted by Crippen LogP contribution is -2.03. The Morgan fingerprint density at radius 1 is 1.21 bits per heavy atom. The molecule has 0 aliphatic carbocycles. The van der Waals surface area contributed by atoms with E-state index in [2.05, 4.69) is 49.4 Å². The second kappa shape index (κ2) is 7.71. The van der Waals surface area contributed by atoms with Crippen LogP contribution in [0.1, 0.15) is 42.6 Å². The number of rotatable bonds is 7. The highest BCUT2D eigenvalue weighted by atomic mass is 31.0. The van der Waals surface area contributed by atoms with Gasteiger partial charge < -0.3 is 4.57 Å². The minimum absolute atomic E-state index is 0.636. The van der Waals surface area contributed by atoms with E-state index in [1.165, 1.54) is 18.5 Å². The summed E-state index contributed by atoms with van der Waals surface area (Å²) in [6.45, 7) is 2.91. The van der Waals surface area contributed by atoms with Crippen LogP contribution >= 0.6 is 9.24 Å². The van der Waals surface area contributed by atoms with Gasteiger partial charge in [0.25, 0.3) is 0 Å². The number of unbranched alkanes of at least 4 members (excludes halogenated alkanes) is 1. The van der Waals surface area contributed by atoms with Crippen LogP contribution in [0.25, 0.3) is 5.69 Å². The molecule has 4 nitrogen and oxygen atoms in total. The molecule has 0 radical (unpaired) electrons. The van der Waals surface area contributed by atoms with Crippen molar-refractivity contribution in [3.05, 3.63) is 65.7 Å². The molecule has 1 aromatic carbocycles. The van der Waals surface area contributed by atoms with Crippen LogP contribution < -0.4 is 0 Å². The van der Waals surface area contributed by atoms with E-state index in [4.69, 9.17) is 0 Å². The Morgan fingerprint density at radius 2 is 2.00 bits per heavy atom. The van der Waals surface area contributed by atoms with Crippen LogP contribution in [0.3, 0.4) is 0 Å². The molecule has 2 heterocycles. The molecule has 2 aromatic heterocycles. The van der Waals surface area contributed by atoms with E-state index in [0.717, 1.165) is 17.8 Å². The average Bonchev–Trinajstić information content (AvgIpc) is 3.23. The molecule has 2 unspecified atom stereocenters. The van der Waals surface area contributed by atoms with Gasteiger partial charge in [0, 0.05) is 11.9 Å². The highest BCUT2D eigenvalue weighted by Gasteiger charge is 2.07. The zero-order chi connectivity index (χ0) is 16.9. The van der Waals surface area contributed by atoms with Gasteiger partial charge in [-0.1, -0.05) is 39.9 Å². The lowest BCUT2D eigenvalue weighted by Gasteiger charge is -2.06. The molecule has 0 saturated carbocycles. The zero-order valence-corrected chi connectivity index (χ0v) is 14.9. The van der Waals surface area contributed by atoms with Crippen LogP contribution in [-0.2, 0) is 13.0 Å². The standard InChI is InChI=1S/C18H22FN4P/c1-2-3-5-16-6-4-11-22(16)12-15-13-23(21-20-15)17-9-7-14(8-10-17)18(19)24/h4,6-11,13,18H,2-3,5,12,24H2,1H3. The molecule has 3 aromatic rings. The van der Waals surface area contributed by atoms with Crippen molar-refractivity contribution in [2.24, 2.45) is 0 Å². The van der Waals surface area contributed by atoms with Crippen LogP contribution in [0.2, 0.25) is 0 Å². The fourth-order valence-corrected chi connectivity index (χ4v) is 2.89. The predicted octanol–water partition coefficient (Wildman–Crippen LogP) is 4.30. The van der Waals surface area contributed by atoms with Crippen molar-refractivity contribution in [2.75, 3.05) is 0 Å². The molecule has 6 heteroatoms. The van der Waals surface area contributed by atoms with E-state index >= 15 is 0 Å². The number of aromatic nitrogens is 4. The van der Waals surface area contributed by atoms with Gasteiger partial charge in [-0.2, -0.15) is 0 Å². The zero-order valence-electron chi connectivity index (χ0n) is 13.8. The summed E-state index contributed by atoms with van der Waals surface area (Å²) < 4.78 is 17.2. The van der Waals surface area contributed by atoms with Crippen molar-refractivity contribution in [1.82, 2.24) is 19.6 Å². The number of benzene rings is 1. The molecule has 0 N–H and O–H groups in total. The van der Waals surface area contributed by atoms with Crippen molar-refractivity contribution in [1.29, 1.82) is 0 Å². The first-order valence-electron chi connectivity index (χ1n) is 8.22. The van der Waals surface area contributed by atoms with Crippen LogP contribution in [-0.4, -0.2) is 19.6 Å². The second-order valence-electron chi connectivity index (χ2n) is 5.88. The maximum absolute atomic E-state index is 13.2. The molecule has 0 aliphatic heterocycles. The molecule has 126 valence electrons. The Balaban J connectivity index is 1.73. The largest absolute Gasteiger partial charge is 0.345 e. The molecule has 0 bridgehead atoms. The number of aryl methyl sites for hydroxylation is 1. The Kier molecular flexibility index (Phi) is 5.41. The minimum Gasteiger partial charge on any atom is -0.345 e. The summed E-state index contributed by atoms with van der Waals surface area (Å²) >= 11 is 0. The summed E-state index contributed by atoms with van der Waals surface area (Å²) in [7, 11) is 2.15. The number of alkyl halides is 1. The van der Waals surface area contributed by atoms with Gasteiger partial charge in [-0.05, 0) is 42.7 Å². The molecular weight excluding hydrogens is 322 g/mol.